The van der Waals surface area contributed by atoms with Crippen LogP contribution in [0.3, 0.4) is 0 Å². The Morgan fingerprint density at radius 1 is 0.586 bits per heavy atom. The van der Waals surface area contributed by atoms with Crippen LogP contribution in [0.2, 0.25) is 0 Å². The van der Waals surface area contributed by atoms with E-state index in [9.17, 15) is 10.0 Å². The van der Waals surface area contributed by atoms with E-state index in [1.165, 1.54) is 33.4 Å². The summed E-state index contributed by atoms with van der Waals surface area (Å²) in [5, 5.41) is 19.8. The first kappa shape index (κ1) is 17.2. The number of benzene rings is 4. The minimum atomic E-state index is -1.50. The predicted molar refractivity (Wildman–Crippen MR) is 120 cm³/mol. The van der Waals surface area contributed by atoms with Gasteiger partial charge in [0.15, 0.2) is 0 Å². The first-order chi connectivity index (χ1) is 14.1. The molecule has 2 N–H and O–H groups in total. The van der Waals surface area contributed by atoms with Gasteiger partial charge < -0.3 is 10.0 Å². The minimum absolute atomic E-state index is 0.466. The van der Waals surface area contributed by atoms with E-state index in [4.69, 9.17) is 0 Å². The lowest BCUT2D eigenvalue weighted by Gasteiger charge is -2.30. The molecule has 2 nitrogen and oxygen atoms in total. The SMILES string of the molecule is OB(O)c1ccc2c(c1)C1(c3ccccc3-c3ccccc31)c1cc(Br)ccc1-2. The summed E-state index contributed by atoms with van der Waals surface area (Å²) in [5.41, 5.74) is 9.65. The quantitative estimate of drug-likeness (QED) is 0.372. The first-order valence-electron chi connectivity index (χ1n) is 9.62. The van der Waals surface area contributed by atoms with Crippen LogP contribution < -0.4 is 5.46 Å². The maximum absolute atomic E-state index is 9.89. The van der Waals surface area contributed by atoms with Crippen molar-refractivity contribution in [3.8, 4) is 22.3 Å². The van der Waals surface area contributed by atoms with E-state index in [-0.39, 0.29) is 0 Å². The van der Waals surface area contributed by atoms with E-state index in [1.54, 1.807) is 6.07 Å². The second-order valence-corrected chi connectivity index (χ2v) is 8.63. The highest BCUT2D eigenvalue weighted by atomic mass is 79.9. The fourth-order valence-electron chi connectivity index (χ4n) is 5.29. The van der Waals surface area contributed by atoms with Gasteiger partial charge in [0.25, 0.3) is 0 Å². The molecular weight excluding hydrogens is 423 g/mol. The van der Waals surface area contributed by atoms with E-state index in [0.29, 0.717) is 5.46 Å². The summed E-state index contributed by atoms with van der Waals surface area (Å²) in [7, 11) is -1.50. The van der Waals surface area contributed by atoms with Gasteiger partial charge in [0.2, 0.25) is 0 Å². The molecule has 0 radical (unpaired) electrons. The Labute approximate surface area is 177 Å². The molecule has 29 heavy (non-hydrogen) atoms. The molecule has 0 aromatic heterocycles. The zero-order valence-corrected chi connectivity index (χ0v) is 17.0. The molecule has 0 aliphatic heterocycles. The van der Waals surface area contributed by atoms with Crippen molar-refractivity contribution in [2.24, 2.45) is 0 Å². The van der Waals surface area contributed by atoms with Gasteiger partial charge in [0.05, 0.1) is 5.41 Å². The molecule has 0 bridgehead atoms. The molecule has 138 valence electrons. The smallest absolute Gasteiger partial charge is 0.423 e. The highest BCUT2D eigenvalue weighted by molar-refractivity contribution is 9.10. The molecule has 2 aliphatic rings. The van der Waals surface area contributed by atoms with Gasteiger partial charge in [-0.3, -0.25) is 0 Å². The summed E-state index contributed by atoms with van der Waals surface area (Å²) in [6.07, 6.45) is 0. The van der Waals surface area contributed by atoms with Crippen LogP contribution in [0.25, 0.3) is 22.3 Å². The van der Waals surface area contributed by atoms with Gasteiger partial charge in [0.1, 0.15) is 0 Å². The molecule has 4 heteroatoms. The van der Waals surface area contributed by atoms with E-state index < -0.39 is 12.5 Å². The summed E-state index contributed by atoms with van der Waals surface area (Å²) < 4.78 is 1.03. The lowest BCUT2D eigenvalue weighted by molar-refractivity contribution is 0.425. The molecule has 1 spiro atoms. The van der Waals surface area contributed by atoms with Crippen LogP contribution in [0.5, 0.6) is 0 Å². The van der Waals surface area contributed by atoms with E-state index in [1.807, 2.05) is 12.1 Å². The largest absolute Gasteiger partial charge is 0.488 e. The Balaban J connectivity index is 1.84. The van der Waals surface area contributed by atoms with Crippen molar-refractivity contribution in [1.29, 1.82) is 0 Å². The van der Waals surface area contributed by atoms with Gasteiger partial charge >= 0.3 is 7.12 Å². The fourth-order valence-corrected chi connectivity index (χ4v) is 5.65. The van der Waals surface area contributed by atoms with Gasteiger partial charge in [0, 0.05) is 4.47 Å². The van der Waals surface area contributed by atoms with E-state index in [0.717, 1.165) is 15.6 Å². The normalized spacial score (nSPS) is 14.3. The van der Waals surface area contributed by atoms with Crippen LogP contribution in [-0.2, 0) is 5.41 Å². The molecule has 4 aromatic rings. The molecule has 0 atom stereocenters. The number of hydrogen-bond donors (Lipinski definition) is 2. The molecule has 2 aliphatic carbocycles. The first-order valence-corrected chi connectivity index (χ1v) is 10.4. The van der Waals surface area contributed by atoms with Crippen LogP contribution in [0.15, 0.2) is 89.4 Å². The maximum atomic E-state index is 9.89. The fraction of sp³-hybridized carbons (Fsp3) is 0.0400. The monoisotopic (exact) mass is 438 g/mol. The standard InChI is InChI=1S/C25H16BBrO2/c27-16-10-12-20-19-11-9-15(26(28)29)13-23(19)25(24(20)14-16)21-7-3-1-5-17(21)18-6-2-4-8-22(18)25/h1-14,28-29H. The topological polar surface area (TPSA) is 40.5 Å². The highest BCUT2D eigenvalue weighted by Crippen LogP contribution is 2.62. The van der Waals surface area contributed by atoms with E-state index >= 15 is 0 Å². The molecule has 0 fully saturated rings. The number of halogens is 1. The second kappa shape index (κ2) is 5.93. The minimum Gasteiger partial charge on any atom is -0.423 e. The highest BCUT2D eigenvalue weighted by Gasteiger charge is 2.51. The number of fused-ring (bicyclic) bond motifs is 10. The van der Waals surface area contributed by atoms with Crippen molar-refractivity contribution in [2.75, 3.05) is 0 Å². The zero-order chi connectivity index (χ0) is 19.8. The van der Waals surface area contributed by atoms with Gasteiger partial charge in [-0.25, -0.2) is 0 Å². The molecule has 0 saturated heterocycles. The van der Waals surface area contributed by atoms with Gasteiger partial charge in [-0.05, 0) is 62.1 Å². The van der Waals surface area contributed by atoms with Crippen molar-refractivity contribution in [3.63, 3.8) is 0 Å². The van der Waals surface area contributed by atoms with Crippen LogP contribution in [0.1, 0.15) is 22.3 Å². The van der Waals surface area contributed by atoms with Crippen molar-refractivity contribution in [2.45, 2.75) is 5.41 Å². The number of hydrogen-bond acceptors (Lipinski definition) is 2. The summed E-state index contributed by atoms with van der Waals surface area (Å²) >= 11 is 3.68. The Kier molecular flexibility index (Phi) is 3.52. The Hall–Kier alpha value is -2.66. The molecule has 0 amide bonds. The summed E-state index contributed by atoms with van der Waals surface area (Å²) in [5.74, 6) is 0. The average Bonchev–Trinajstić information content (AvgIpc) is 3.20. The lowest BCUT2D eigenvalue weighted by Crippen LogP contribution is -2.32. The average molecular weight is 439 g/mol. The molecular formula is C25H16BBrO2. The maximum Gasteiger partial charge on any atom is 0.488 e. The van der Waals surface area contributed by atoms with Gasteiger partial charge in [-0.15, -0.1) is 0 Å². The molecule has 0 heterocycles. The number of rotatable bonds is 1. The molecule has 0 unspecified atom stereocenters. The molecule has 6 rings (SSSR count). The Morgan fingerprint density at radius 2 is 1.10 bits per heavy atom. The Morgan fingerprint density at radius 3 is 1.72 bits per heavy atom. The van der Waals surface area contributed by atoms with Crippen molar-refractivity contribution >= 4 is 28.5 Å². The second-order valence-electron chi connectivity index (χ2n) is 7.71. The van der Waals surface area contributed by atoms with E-state index in [2.05, 4.69) is 82.7 Å². The predicted octanol–water partition coefficient (Wildman–Crippen LogP) is 4.47. The van der Waals surface area contributed by atoms with Crippen molar-refractivity contribution in [1.82, 2.24) is 0 Å². The van der Waals surface area contributed by atoms with Crippen molar-refractivity contribution < 1.29 is 10.0 Å². The molecule has 0 saturated carbocycles. The van der Waals surface area contributed by atoms with Crippen LogP contribution in [-0.4, -0.2) is 17.2 Å². The Bertz CT molecular complexity index is 1270. The van der Waals surface area contributed by atoms with Crippen LogP contribution in [0.4, 0.5) is 0 Å². The van der Waals surface area contributed by atoms with Gasteiger partial charge in [-0.2, -0.15) is 0 Å². The zero-order valence-electron chi connectivity index (χ0n) is 15.4. The lowest BCUT2D eigenvalue weighted by atomic mass is 9.68. The van der Waals surface area contributed by atoms with Crippen LogP contribution >= 0.6 is 15.9 Å². The van der Waals surface area contributed by atoms with Crippen molar-refractivity contribution in [3.05, 3.63) is 112 Å². The van der Waals surface area contributed by atoms with Gasteiger partial charge in [-0.1, -0.05) is 88.7 Å². The summed E-state index contributed by atoms with van der Waals surface area (Å²) in [6.45, 7) is 0. The summed E-state index contributed by atoms with van der Waals surface area (Å²) in [4.78, 5) is 0. The third kappa shape index (κ3) is 2.09. The molecule has 4 aromatic carbocycles. The third-order valence-corrected chi connectivity index (χ3v) is 6.87. The summed E-state index contributed by atoms with van der Waals surface area (Å²) in [6, 6.07) is 29.4. The third-order valence-electron chi connectivity index (χ3n) is 6.37. The van der Waals surface area contributed by atoms with Crippen LogP contribution in [0, 0.1) is 0 Å².